The van der Waals surface area contributed by atoms with Crippen LogP contribution < -0.4 is 5.32 Å². The van der Waals surface area contributed by atoms with E-state index in [4.69, 9.17) is 6.42 Å². The number of Topliss-reactive ketones (excluding diaryl/α,β-unsaturated/α-hetero) is 1. The Morgan fingerprint density at radius 1 is 1.50 bits per heavy atom. The van der Waals surface area contributed by atoms with Crippen LogP contribution in [0.5, 0.6) is 0 Å². The Kier molecular flexibility index (Phi) is 2.34. The van der Waals surface area contributed by atoms with Crippen LogP contribution in [0.4, 0.5) is 0 Å². The van der Waals surface area contributed by atoms with Gasteiger partial charge in [-0.3, -0.25) is 10.1 Å². The lowest BCUT2D eigenvalue weighted by Crippen LogP contribution is -2.19. The first-order valence-corrected chi connectivity index (χ1v) is 4.62. The van der Waals surface area contributed by atoms with Gasteiger partial charge < -0.3 is 0 Å². The fourth-order valence-corrected chi connectivity index (χ4v) is 1.82. The van der Waals surface area contributed by atoms with E-state index in [0.717, 1.165) is 11.1 Å². The second-order valence-corrected chi connectivity index (χ2v) is 3.35. The molecule has 1 N–H and O–H groups in total. The van der Waals surface area contributed by atoms with E-state index in [-0.39, 0.29) is 11.8 Å². The topological polar surface area (TPSA) is 29.1 Å². The highest BCUT2D eigenvalue weighted by molar-refractivity contribution is 6.01. The van der Waals surface area contributed by atoms with Gasteiger partial charge in [0.1, 0.15) is 0 Å². The number of carbonyl (C=O) groups excluding carboxylic acids is 1. The molecule has 0 heterocycles. The van der Waals surface area contributed by atoms with Gasteiger partial charge >= 0.3 is 0 Å². The summed E-state index contributed by atoms with van der Waals surface area (Å²) in [6.07, 6.45) is 5.69. The van der Waals surface area contributed by atoms with E-state index >= 15 is 0 Å². The minimum atomic E-state index is 0.106. The summed E-state index contributed by atoms with van der Waals surface area (Å²) in [6.45, 7) is 0.506. The second-order valence-electron chi connectivity index (χ2n) is 3.35. The Labute approximate surface area is 83.3 Å². The third-order valence-corrected chi connectivity index (χ3v) is 2.48. The molecule has 1 aromatic rings. The van der Waals surface area contributed by atoms with Crippen molar-refractivity contribution in [1.29, 1.82) is 0 Å². The number of ketones is 1. The van der Waals surface area contributed by atoms with E-state index in [1.54, 1.807) is 0 Å². The van der Waals surface area contributed by atoms with E-state index in [0.29, 0.717) is 13.0 Å². The summed E-state index contributed by atoms with van der Waals surface area (Å²) in [5.41, 5.74) is 1.91. The molecule has 1 aromatic carbocycles. The van der Waals surface area contributed by atoms with Crippen LogP contribution in [-0.2, 0) is 0 Å². The smallest absolute Gasteiger partial charge is 0.165 e. The van der Waals surface area contributed by atoms with Crippen molar-refractivity contribution in [1.82, 2.24) is 5.32 Å². The maximum absolute atomic E-state index is 11.5. The van der Waals surface area contributed by atoms with Crippen LogP contribution >= 0.6 is 0 Å². The summed E-state index contributed by atoms with van der Waals surface area (Å²) in [5.74, 6) is 2.72. The monoisotopic (exact) mass is 185 g/mol. The summed E-state index contributed by atoms with van der Waals surface area (Å²) in [4.78, 5) is 11.5. The summed E-state index contributed by atoms with van der Waals surface area (Å²) in [7, 11) is 0. The lowest BCUT2D eigenvalue weighted by Gasteiger charge is -2.09. The minimum absolute atomic E-state index is 0.106. The van der Waals surface area contributed by atoms with Crippen molar-refractivity contribution in [3.63, 3.8) is 0 Å². The highest BCUT2D eigenvalue weighted by Crippen LogP contribution is 2.30. The third-order valence-electron chi connectivity index (χ3n) is 2.48. The lowest BCUT2D eigenvalue weighted by atomic mass is 10.1. The van der Waals surface area contributed by atoms with E-state index in [1.165, 1.54) is 0 Å². The zero-order chi connectivity index (χ0) is 9.97. The molecule has 14 heavy (non-hydrogen) atoms. The fourth-order valence-electron chi connectivity index (χ4n) is 1.82. The van der Waals surface area contributed by atoms with Gasteiger partial charge in [0.05, 0.1) is 6.54 Å². The first-order chi connectivity index (χ1) is 6.83. The Morgan fingerprint density at radius 3 is 3.07 bits per heavy atom. The van der Waals surface area contributed by atoms with Gasteiger partial charge in [-0.15, -0.1) is 6.42 Å². The summed E-state index contributed by atoms with van der Waals surface area (Å²) >= 11 is 0. The van der Waals surface area contributed by atoms with Gasteiger partial charge in [0.25, 0.3) is 0 Å². The van der Waals surface area contributed by atoms with E-state index in [2.05, 4.69) is 11.2 Å². The van der Waals surface area contributed by atoms with Gasteiger partial charge in [-0.2, -0.15) is 0 Å². The van der Waals surface area contributed by atoms with Gasteiger partial charge in [-0.05, 0) is 5.56 Å². The average molecular weight is 185 g/mol. The first kappa shape index (κ1) is 8.98. The molecule has 0 saturated heterocycles. The van der Waals surface area contributed by atoms with Crippen LogP contribution in [0, 0.1) is 12.3 Å². The zero-order valence-electron chi connectivity index (χ0n) is 7.79. The van der Waals surface area contributed by atoms with E-state index in [1.807, 2.05) is 24.3 Å². The number of hydrogen-bond acceptors (Lipinski definition) is 2. The van der Waals surface area contributed by atoms with E-state index in [9.17, 15) is 4.79 Å². The maximum Gasteiger partial charge on any atom is 0.165 e. The van der Waals surface area contributed by atoms with Crippen LogP contribution in [0.1, 0.15) is 28.4 Å². The lowest BCUT2D eigenvalue weighted by molar-refractivity contribution is 0.0986. The van der Waals surface area contributed by atoms with E-state index < -0.39 is 0 Å². The van der Waals surface area contributed by atoms with Crippen molar-refractivity contribution >= 4 is 5.78 Å². The van der Waals surface area contributed by atoms with Gasteiger partial charge in [-0.1, -0.05) is 30.2 Å². The Morgan fingerprint density at radius 2 is 2.29 bits per heavy atom. The zero-order valence-corrected chi connectivity index (χ0v) is 7.79. The van der Waals surface area contributed by atoms with Crippen molar-refractivity contribution in [2.24, 2.45) is 0 Å². The largest absolute Gasteiger partial charge is 0.299 e. The number of benzene rings is 1. The summed E-state index contributed by atoms with van der Waals surface area (Å²) in [5, 5.41) is 3.16. The van der Waals surface area contributed by atoms with Crippen molar-refractivity contribution in [2.75, 3.05) is 6.54 Å². The summed E-state index contributed by atoms with van der Waals surface area (Å²) < 4.78 is 0. The van der Waals surface area contributed by atoms with Crippen LogP contribution in [-0.4, -0.2) is 12.3 Å². The van der Waals surface area contributed by atoms with Crippen LogP contribution in [0.15, 0.2) is 24.3 Å². The molecule has 2 rings (SSSR count). The molecule has 0 amide bonds. The van der Waals surface area contributed by atoms with Gasteiger partial charge in [-0.25, -0.2) is 0 Å². The Hall–Kier alpha value is -1.59. The molecule has 2 nitrogen and oxygen atoms in total. The van der Waals surface area contributed by atoms with Gasteiger partial charge in [0.2, 0.25) is 0 Å². The molecule has 0 aliphatic heterocycles. The van der Waals surface area contributed by atoms with Crippen LogP contribution in [0.2, 0.25) is 0 Å². The predicted molar refractivity (Wildman–Crippen MR) is 55.0 cm³/mol. The molecule has 0 radical (unpaired) electrons. The minimum Gasteiger partial charge on any atom is -0.299 e. The molecule has 1 aliphatic carbocycles. The molecule has 0 unspecified atom stereocenters. The van der Waals surface area contributed by atoms with Gasteiger partial charge in [0, 0.05) is 18.0 Å². The number of hydrogen-bond donors (Lipinski definition) is 1. The van der Waals surface area contributed by atoms with Crippen molar-refractivity contribution in [3.05, 3.63) is 35.4 Å². The van der Waals surface area contributed by atoms with Crippen LogP contribution in [0.25, 0.3) is 0 Å². The number of rotatable bonds is 2. The highest BCUT2D eigenvalue weighted by Gasteiger charge is 2.27. The quantitative estimate of drug-likeness (QED) is 0.708. The third kappa shape index (κ3) is 1.43. The standard InChI is InChI=1S/C12H11NO/c1-2-7-13-11-8-12(14)10-6-4-3-5-9(10)11/h1,3-6,11,13H,7-8H2/t11-/m0/s1. The number of nitrogens with one attached hydrogen (secondary N) is 1. The average Bonchev–Trinajstić information content (AvgIpc) is 2.54. The van der Waals surface area contributed by atoms with Crippen molar-refractivity contribution in [2.45, 2.75) is 12.5 Å². The second kappa shape index (κ2) is 3.65. The highest BCUT2D eigenvalue weighted by atomic mass is 16.1. The number of terminal acetylenes is 1. The molecular weight excluding hydrogens is 174 g/mol. The number of carbonyl (C=O) groups is 1. The fraction of sp³-hybridized carbons (Fsp3) is 0.250. The maximum atomic E-state index is 11.5. The molecular formula is C12H11NO. The van der Waals surface area contributed by atoms with Crippen LogP contribution in [0.3, 0.4) is 0 Å². The molecule has 70 valence electrons. The van der Waals surface area contributed by atoms with Gasteiger partial charge in [0.15, 0.2) is 5.78 Å². The van der Waals surface area contributed by atoms with Crippen molar-refractivity contribution in [3.8, 4) is 12.3 Å². The number of fused-ring (bicyclic) bond motifs is 1. The Balaban J connectivity index is 2.26. The SMILES string of the molecule is C#CCN[C@H]1CC(=O)c2ccccc21. The summed E-state index contributed by atoms with van der Waals surface area (Å²) in [6, 6.07) is 7.79. The molecule has 0 aromatic heterocycles. The first-order valence-electron chi connectivity index (χ1n) is 4.62. The predicted octanol–water partition coefficient (Wildman–Crippen LogP) is 1.54. The molecule has 0 saturated carbocycles. The molecule has 0 bridgehead atoms. The van der Waals surface area contributed by atoms with Crippen molar-refractivity contribution < 1.29 is 4.79 Å². The molecule has 0 spiro atoms. The molecule has 1 aliphatic rings. The molecule has 1 atom stereocenters. The molecule has 2 heteroatoms. The molecule has 0 fully saturated rings. The Bertz CT molecular complexity index is 403. The normalized spacial score (nSPS) is 19.1.